The Morgan fingerprint density at radius 1 is 1.20 bits per heavy atom. The van der Waals surface area contributed by atoms with Crippen molar-refractivity contribution in [3.63, 3.8) is 0 Å². The van der Waals surface area contributed by atoms with E-state index in [2.05, 4.69) is 4.74 Å². The standard InChI is InChI=1S/C16H22O4/c1-4-10-20-13-8-9-14(12(2)11-13)15(17)6-5-7-16(18)19-3/h8-9,11H,4-7,10H2,1-3H3. The zero-order valence-corrected chi connectivity index (χ0v) is 12.4. The molecule has 0 bridgehead atoms. The van der Waals surface area contributed by atoms with E-state index < -0.39 is 0 Å². The number of ketones is 1. The Morgan fingerprint density at radius 3 is 2.55 bits per heavy atom. The van der Waals surface area contributed by atoms with Crippen LogP contribution in [-0.2, 0) is 9.53 Å². The average Bonchev–Trinajstić information content (AvgIpc) is 2.44. The summed E-state index contributed by atoms with van der Waals surface area (Å²) in [4.78, 5) is 23.1. The molecule has 0 heterocycles. The number of esters is 1. The fraction of sp³-hybridized carbons (Fsp3) is 0.500. The van der Waals surface area contributed by atoms with E-state index >= 15 is 0 Å². The fourth-order valence-electron chi connectivity index (χ4n) is 1.89. The quantitative estimate of drug-likeness (QED) is 0.541. The van der Waals surface area contributed by atoms with Crippen LogP contribution in [0.5, 0.6) is 5.75 Å². The number of methoxy groups -OCH3 is 1. The van der Waals surface area contributed by atoms with Crippen molar-refractivity contribution < 1.29 is 19.1 Å². The number of hydrogen-bond donors (Lipinski definition) is 0. The van der Waals surface area contributed by atoms with Crippen molar-refractivity contribution in [3.8, 4) is 5.75 Å². The number of ether oxygens (including phenoxy) is 2. The normalized spacial score (nSPS) is 10.2. The minimum absolute atomic E-state index is 0.0495. The summed E-state index contributed by atoms with van der Waals surface area (Å²) in [5, 5.41) is 0. The van der Waals surface area contributed by atoms with Crippen molar-refractivity contribution in [1.29, 1.82) is 0 Å². The van der Waals surface area contributed by atoms with Crippen LogP contribution in [0.4, 0.5) is 0 Å². The summed E-state index contributed by atoms with van der Waals surface area (Å²) in [6.45, 7) is 4.62. The molecule has 1 aromatic carbocycles. The third-order valence-electron chi connectivity index (χ3n) is 2.98. The lowest BCUT2D eigenvalue weighted by Gasteiger charge is -2.09. The Labute approximate surface area is 120 Å². The van der Waals surface area contributed by atoms with Gasteiger partial charge in [0.05, 0.1) is 13.7 Å². The van der Waals surface area contributed by atoms with E-state index in [9.17, 15) is 9.59 Å². The zero-order chi connectivity index (χ0) is 15.0. The van der Waals surface area contributed by atoms with Gasteiger partial charge in [-0.3, -0.25) is 9.59 Å². The summed E-state index contributed by atoms with van der Waals surface area (Å²) < 4.78 is 10.1. The van der Waals surface area contributed by atoms with Gasteiger partial charge in [-0.05, 0) is 43.5 Å². The minimum atomic E-state index is -0.280. The molecule has 0 N–H and O–H groups in total. The summed E-state index contributed by atoms with van der Waals surface area (Å²) in [5.41, 5.74) is 1.60. The highest BCUT2D eigenvalue weighted by molar-refractivity contribution is 5.97. The number of aryl methyl sites for hydroxylation is 1. The van der Waals surface area contributed by atoms with Gasteiger partial charge in [-0.15, -0.1) is 0 Å². The molecule has 20 heavy (non-hydrogen) atoms. The van der Waals surface area contributed by atoms with Gasteiger partial charge in [0.25, 0.3) is 0 Å². The number of Topliss-reactive ketones (excluding diaryl/α,β-unsaturated/α-hetero) is 1. The van der Waals surface area contributed by atoms with Crippen molar-refractivity contribution >= 4 is 11.8 Å². The van der Waals surface area contributed by atoms with E-state index in [1.54, 1.807) is 6.07 Å². The second-order valence-corrected chi connectivity index (χ2v) is 4.68. The minimum Gasteiger partial charge on any atom is -0.494 e. The molecule has 0 atom stereocenters. The first-order valence-electron chi connectivity index (χ1n) is 6.92. The monoisotopic (exact) mass is 278 g/mol. The number of rotatable bonds is 8. The molecule has 1 rings (SSSR count). The van der Waals surface area contributed by atoms with Gasteiger partial charge in [-0.2, -0.15) is 0 Å². The maximum Gasteiger partial charge on any atom is 0.305 e. The molecule has 0 fully saturated rings. The van der Waals surface area contributed by atoms with Gasteiger partial charge in [0, 0.05) is 18.4 Å². The lowest BCUT2D eigenvalue weighted by Crippen LogP contribution is -2.05. The van der Waals surface area contributed by atoms with Crippen LogP contribution < -0.4 is 4.74 Å². The molecule has 0 radical (unpaired) electrons. The smallest absolute Gasteiger partial charge is 0.305 e. The Kier molecular flexibility index (Phi) is 6.77. The molecule has 4 heteroatoms. The third-order valence-corrected chi connectivity index (χ3v) is 2.98. The van der Waals surface area contributed by atoms with Crippen LogP contribution in [-0.4, -0.2) is 25.5 Å². The van der Waals surface area contributed by atoms with Crippen LogP contribution in [0.15, 0.2) is 18.2 Å². The predicted molar refractivity (Wildman–Crippen MR) is 77.2 cm³/mol. The third kappa shape index (κ3) is 5.03. The van der Waals surface area contributed by atoms with Crippen molar-refractivity contribution in [3.05, 3.63) is 29.3 Å². The molecule has 0 saturated carbocycles. The molecule has 110 valence electrons. The molecule has 0 aliphatic heterocycles. The molecular formula is C16H22O4. The van der Waals surface area contributed by atoms with E-state index in [4.69, 9.17) is 4.74 Å². The SMILES string of the molecule is CCCOc1ccc(C(=O)CCCC(=O)OC)c(C)c1. The number of hydrogen-bond acceptors (Lipinski definition) is 4. The number of carbonyl (C=O) groups excluding carboxylic acids is 2. The molecule has 0 amide bonds. The van der Waals surface area contributed by atoms with Crippen LogP contribution in [0, 0.1) is 6.92 Å². The first-order valence-corrected chi connectivity index (χ1v) is 6.92. The summed E-state index contributed by atoms with van der Waals surface area (Å²) in [6.07, 6.45) is 2.09. The van der Waals surface area contributed by atoms with Gasteiger partial charge in [0.1, 0.15) is 5.75 Å². The van der Waals surface area contributed by atoms with Crippen molar-refractivity contribution in [1.82, 2.24) is 0 Å². The van der Waals surface area contributed by atoms with Crippen LogP contribution in [0.2, 0.25) is 0 Å². The molecule has 4 nitrogen and oxygen atoms in total. The molecule has 0 spiro atoms. The largest absolute Gasteiger partial charge is 0.494 e. The molecule has 0 saturated heterocycles. The Bertz CT molecular complexity index is 466. The number of benzene rings is 1. The summed E-state index contributed by atoms with van der Waals surface area (Å²) >= 11 is 0. The van der Waals surface area contributed by atoms with E-state index in [0.717, 1.165) is 17.7 Å². The maximum atomic E-state index is 12.1. The highest BCUT2D eigenvalue weighted by Gasteiger charge is 2.11. The molecule has 0 aromatic heterocycles. The topological polar surface area (TPSA) is 52.6 Å². The summed E-state index contributed by atoms with van der Waals surface area (Å²) in [6, 6.07) is 5.49. The molecule has 0 aliphatic carbocycles. The Balaban J connectivity index is 2.57. The second kappa shape index (κ2) is 8.35. The molecule has 1 aromatic rings. The molecule has 0 unspecified atom stereocenters. The van der Waals surface area contributed by atoms with Gasteiger partial charge in [-0.25, -0.2) is 0 Å². The first kappa shape index (κ1) is 16.2. The average molecular weight is 278 g/mol. The van der Waals surface area contributed by atoms with Crippen LogP contribution in [0.1, 0.15) is 48.5 Å². The predicted octanol–water partition coefficient (Wildman–Crippen LogP) is 3.31. The summed E-state index contributed by atoms with van der Waals surface area (Å²) in [7, 11) is 1.35. The van der Waals surface area contributed by atoms with E-state index in [1.807, 2.05) is 26.0 Å². The van der Waals surface area contributed by atoms with Gasteiger partial charge in [0.2, 0.25) is 0 Å². The highest BCUT2D eigenvalue weighted by Crippen LogP contribution is 2.19. The Hall–Kier alpha value is -1.84. The molecular weight excluding hydrogens is 256 g/mol. The second-order valence-electron chi connectivity index (χ2n) is 4.68. The lowest BCUT2D eigenvalue weighted by atomic mass is 10.0. The van der Waals surface area contributed by atoms with Crippen LogP contribution in [0.3, 0.4) is 0 Å². The van der Waals surface area contributed by atoms with E-state index in [-0.39, 0.29) is 18.2 Å². The van der Waals surface area contributed by atoms with Crippen LogP contribution in [0.25, 0.3) is 0 Å². The maximum absolute atomic E-state index is 12.1. The lowest BCUT2D eigenvalue weighted by molar-refractivity contribution is -0.140. The van der Waals surface area contributed by atoms with Gasteiger partial charge >= 0.3 is 5.97 Å². The van der Waals surface area contributed by atoms with Gasteiger partial charge in [-0.1, -0.05) is 6.92 Å². The van der Waals surface area contributed by atoms with Crippen molar-refractivity contribution in [2.24, 2.45) is 0 Å². The molecule has 0 aliphatic rings. The highest BCUT2D eigenvalue weighted by atomic mass is 16.5. The van der Waals surface area contributed by atoms with Gasteiger partial charge in [0.15, 0.2) is 5.78 Å². The summed E-state index contributed by atoms with van der Waals surface area (Å²) in [5.74, 6) is 0.557. The van der Waals surface area contributed by atoms with Gasteiger partial charge < -0.3 is 9.47 Å². The van der Waals surface area contributed by atoms with Crippen LogP contribution >= 0.6 is 0 Å². The van der Waals surface area contributed by atoms with E-state index in [0.29, 0.717) is 25.0 Å². The number of carbonyl (C=O) groups is 2. The van der Waals surface area contributed by atoms with Crippen molar-refractivity contribution in [2.75, 3.05) is 13.7 Å². The fourth-order valence-corrected chi connectivity index (χ4v) is 1.89. The first-order chi connectivity index (χ1) is 9.58. The van der Waals surface area contributed by atoms with E-state index in [1.165, 1.54) is 7.11 Å². The van der Waals surface area contributed by atoms with Crippen molar-refractivity contribution in [2.45, 2.75) is 39.5 Å². The zero-order valence-electron chi connectivity index (χ0n) is 12.4. The Morgan fingerprint density at radius 2 is 1.95 bits per heavy atom.